The van der Waals surface area contributed by atoms with Crippen molar-refractivity contribution in [3.8, 4) is 0 Å². The SMILES string of the molecule is CCCCS.[SnH4]. The minimum atomic E-state index is 0. The molecular formula is C4H14SSn. The number of thiol groups is 1. The average molecular weight is 213 g/mol. The number of rotatable bonds is 2. The van der Waals surface area contributed by atoms with Crippen LogP contribution in [0.5, 0.6) is 0 Å². The van der Waals surface area contributed by atoms with Gasteiger partial charge in [0.05, 0.1) is 0 Å². The van der Waals surface area contributed by atoms with Gasteiger partial charge in [-0.15, -0.1) is 0 Å². The predicted octanol–water partition coefficient (Wildman–Crippen LogP) is 0.265. The van der Waals surface area contributed by atoms with E-state index < -0.39 is 0 Å². The van der Waals surface area contributed by atoms with Gasteiger partial charge in [-0.05, 0) is 12.2 Å². The van der Waals surface area contributed by atoms with E-state index in [4.69, 9.17) is 0 Å². The Morgan fingerprint density at radius 2 is 2.00 bits per heavy atom. The molecule has 0 nitrogen and oxygen atoms in total. The monoisotopic (exact) mass is 214 g/mol. The fourth-order valence-electron chi connectivity index (χ4n) is 0.158. The van der Waals surface area contributed by atoms with E-state index in [-0.39, 0.29) is 23.9 Å². The van der Waals surface area contributed by atoms with E-state index in [0.717, 1.165) is 5.75 Å². The molecule has 6 heavy (non-hydrogen) atoms. The van der Waals surface area contributed by atoms with Gasteiger partial charge in [-0.2, -0.15) is 12.6 Å². The predicted molar refractivity (Wildman–Crippen MR) is 40.1 cm³/mol. The third-order valence-corrected chi connectivity index (χ3v) is 0.828. The molecule has 0 aliphatic heterocycles. The van der Waals surface area contributed by atoms with E-state index >= 15 is 0 Å². The second-order valence-electron chi connectivity index (χ2n) is 1.08. The molecule has 0 saturated carbocycles. The van der Waals surface area contributed by atoms with Gasteiger partial charge in [0.1, 0.15) is 0 Å². The summed E-state index contributed by atoms with van der Waals surface area (Å²) in [5.74, 6) is 1.04. The quantitative estimate of drug-likeness (QED) is 0.493. The molecule has 0 radical (unpaired) electrons. The molecule has 0 aromatic carbocycles. The maximum absolute atomic E-state index is 4.00. The van der Waals surface area contributed by atoms with E-state index in [1.165, 1.54) is 12.8 Å². The first-order valence-electron chi connectivity index (χ1n) is 2.02. The first kappa shape index (κ1) is 10.2. The molecule has 0 heterocycles. The zero-order valence-corrected chi connectivity index (χ0v) is 4.46. The summed E-state index contributed by atoms with van der Waals surface area (Å²) in [6, 6.07) is 0. The van der Waals surface area contributed by atoms with E-state index in [1.807, 2.05) is 0 Å². The summed E-state index contributed by atoms with van der Waals surface area (Å²) in [5, 5.41) is 0. The zero-order chi connectivity index (χ0) is 4.12. The van der Waals surface area contributed by atoms with Crippen LogP contribution in [-0.2, 0) is 0 Å². The van der Waals surface area contributed by atoms with Crippen LogP contribution < -0.4 is 0 Å². The van der Waals surface area contributed by atoms with Crippen molar-refractivity contribution in [2.45, 2.75) is 19.8 Å². The summed E-state index contributed by atoms with van der Waals surface area (Å²) >= 11 is 4.00. The molecular weight excluding hydrogens is 199 g/mol. The summed E-state index contributed by atoms with van der Waals surface area (Å²) < 4.78 is 0. The number of hydrogen-bond acceptors (Lipinski definition) is 1. The standard InChI is InChI=1S/C4H10S.Sn.4H/c1-2-3-4-5;;;;;/h5H,2-4H2,1H3;;;;;. The van der Waals surface area contributed by atoms with Gasteiger partial charge in [-0.25, -0.2) is 0 Å². The first-order valence-corrected chi connectivity index (χ1v) is 2.66. The molecule has 0 fully saturated rings. The second kappa shape index (κ2) is 9.47. The van der Waals surface area contributed by atoms with Crippen LogP contribution in [0.15, 0.2) is 0 Å². The molecule has 0 bridgehead atoms. The Morgan fingerprint density at radius 1 is 1.50 bits per heavy atom. The van der Waals surface area contributed by atoms with Gasteiger partial charge in [0.15, 0.2) is 0 Å². The molecule has 40 valence electrons. The van der Waals surface area contributed by atoms with E-state index in [0.29, 0.717) is 0 Å². The van der Waals surface area contributed by atoms with E-state index in [9.17, 15) is 0 Å². The Labute approximate surface area is 62.1 Å². The third-order valence-electron chi connectivity index (χ3n) is 0.512. The molecule has 0 aliphatic carbocycles. The maximum atomic E-state index is 4.00. The van der Waals surface area contributed by atoms with Gasteiger partial charge in [0.25, 0.3) is 0 Å². The summed E-state index contributed by atoms with van der Waals surface area (Å²) in [5.41, 5.74) is 0. The van der Waals surface area contributed by atoms with Crippen molar-refractivity contribution in [2.24, 2.45) is 0 Å². The van der Waals surface area contributed by atoms with Crippen LogP contribution in [0.2, 0.25) is 0 Å². The van der Waals surface area contributed by atoms with Crippen molar-refractivity contribution in [3.63, 3.8) is 0 Å². The van der Waals surface area contributed by atoms with E-state index in [1.54, 1.807) is 0 Å². The van der Waals surface area contributed by atoms with E-state index in [2.05, 4.69) is 19.6 Å². The minimum absolute atomic E-state index is 0. The summed E-state index contributed by atoms with van der Waals surface area (Å²) in [6.07, 6.45) is 2.52. The molecule has 0 amide bonds. The number of unbranched alkanes of at least 4 members (excludes halogenated alkanes) is 1. The molecule has 0 spiro atoms. The summed E-state index contributed by atoms with van der Waals surface area (Å²) in [6.45, 7) is 2.16. The molecule has 0 unspecified atom stereocenters. The van der Waals surface area contributed by atoms with Gasteiger partial charge >= 0.3 is 23.9 Å². The van der Waals surface area contributed by atoms with Gasteiger partial charge in [-0.1, -0.05) is 13.3 Å². The fourth-order valence-corrected chi connectivity index (χ4v) is 0.474. The zero-order valence-electron chi connectivity index (χ0n) is 3.57. The summed E-state index contributed by atoms with van der Waals surface area (Å²) in [4.78, 5) is 0. The normalized spacial score (nSPS) is 7.00. The van der Waals surface area contributed by atoms with Gasteiger partial charge < -0.3 is 0 Å². The van der Waals surface area contributed by atoms with Gasteiger partial charge in [-0.3, -0.25) is 0 Å². The van der Waals surface area contributed by atoms with Crippen molar-refractivity contribution in [3.05, 3.63) is 0 Å². The topological polar surface area (TPSA) is 0 Å². The Balaban J connectivity index is 0. The molecule has 0 aromatic heterocycles. The van der Waals surface area contributed by atoms with Crippen molar-refractivity contribution >= 4 is 36.5 Å². The Hall–Kier alpha value is 1.15. The van der Waals surface area contributed by atoms with Crippen molar-refractivity contribution in [1.29, 1.82) is 0 Å². The van der Waals surface area contributed by atoms with Crippen molar-refractivity contribution in [2.75, 3.05) is 5.75 Å². The fraction of sp³-hybridized carbons (Fsp3) is 1.00. The molecule has 0 rings (SSSR count). The molecule has 0 atom stereocenters. The van der Waals surface area contributed by atoms with Gasteiger partial charge in [0.2, 0.25) is 0 Å². The third kappa shape index (κ3) is 8.94. The van der Waals surface area contributed by atoms with Crippen LogP contribution in [0, 0.1) is 0 Å². The van der Waals surface area contributed by atoms with Gasteiger partial charge in [0, 0.05) is 0 Å². The Bertz CT molecular complexity index is 15.0. The summed E-state index contributed by atoms with van der Waals surface area (Å²) in [7, 11) is 0. The van der Waals surface area contributed by atoms with Crippen LogP contribution in [-0.4, -0.2) is 29.7 Å². The number of hydrogen-bond donors (Lipinski definition) is 1. The average Bonchev–Trinajstić information content (AvgIpc) is 1.41. The van der Waals surface area contributed by atoms with Crippen LogP contribution >= 0.6 is 12.6 Å². The first-order chi connectivity index (χ1) is 2.41. The Kier molecular flexibility index (Phi) is 16.1. The molecule has 0 saturated heterocycles. The van der Waals surface area contributed by atoms with Crippen LogP contribution in [0.25, 0.3) is 0 Å². The second-order valence-corrected chi connectivity index (χ2v) is 1.52. The Morgan fingerprint density at radius 3 is 2.00 bits per heavy atom. The molecule has 0 aliphatic rings. The van der Waals surface area contributed by atoms with Crippen LogP contribution in [0.1, 0.15) is 19.8 Å². The molecule has 0 aromatic rings. The van der Waals surface area contributed by atoms with Crippen molar-refractivity contribution < 1.29 is 0 Å². The van der Waals surface area contributed by atoms with Crippen molar-refractivity contribution in [1.82, 2.24) is 0 Å². The van der Waals surface area contributed by atoms with Crippen LogP contribution in [0.4, 0.5) is 0 Å². The molecule has 0 N–H and O–H groups in total. The molecule has 2 heteroatoms. The van der Waals surface area contributed by atoms with Crippen LogP contribution in [0.3, 0.4) is 0 Å².